The van der Waals surface area contributed by atoms with E-state index >= 15 is 0 Å². The van der Waals surface area contributed by atoms with Crippen molar-refractivity contribution in [3.05, 3.63) is 78.6 Å². The summed E-state index contributed by atoms with van der Waals surface area (Å²) in [5.41, 5.74) is 3.44. The smallest absolute Gasteiger partial charge is 0.254 e. The molecule has 146 valence electrons. The molecule has 0 bridgehead atoms. The van der Waals surface area contributed by atoms with Gasteiger partial charge in [0.15, 0.2) is 0 Å². The molecule has 5 rings (SSSR count). The lowest BCUT2D eigenvalue weighted by Crippen LogP contribution is -2.47. The Morgan fingerprint density at radius 2 is 1.55 bits per heavy atom. The van der Waals surface area contributed by atoms with Crippen molar-refractivity contribution < 1.29 is 0 Å². The Morgan fingerprint density at radius 1 is 0.828 bits per heavy atom. The molecule has 0 N–H and O–H groups in total. The van der Waals surface area contributed by atoms with E-state index in [-0.39, 0.29) is 0 Å². The molecule has 29 heavy (non-hydrogen) atoms. The Hall–Kier alpha value is -3.25. The van der Waals surface area contributed by atoms with Gasteiger partial charge in [-0.1, -0.05) is 60.7 Å². The molecule has 3 heterocycles. The fourth-order valence-electron chi connectivity index (χ4n) is 3.91. The van der Waals surface area contributed by atoms with Crippen LogP contribution in [-0.4, -0.2) is 57.2 Å². The monoisotopic (exact) mass is 384 g/mol. The number of piperazine rings is 1. The predicted molar refractivity (Wildman–Crippen MR) is 115 cm³/mol. The van der Waals surface area contributed by atoms with E-state index in [0.29, 0.717) is 5.78 Å². The van der Waals surface area contributed by atoms with E-state index in [9.17, 15) is 0 Å². The van der Waals surface area contributed by atoms with Crippen molar-refractivity contribution in [1.82, 2.24) is 24.5 Å². The number of anilines is 1. The van der Waals surface area contributed by atoms with Gasteiger partial charge in [0.1, 0.15) is 12.1 Å². The lowest BCUT2D eigenvalue weighted by atomic mass is 10.1. The Bertz CT molecular complexity index is 1070. The maximum atomic E-state index is 4.69. The van der Waals surface area contributed by atoms with Crippen LogP contribution < -0.4 is 4.90 Å². The second kappa shape index (κ2) is 8.01. The van der Waals surface area contributed by atoms with Crippen LogP contribution in [0.4, 0.5) is 5.82 Å². The molecule has 1 aliphatic rings. The van der Waals surface area contributed by atoms with Crippen molar-refractivity contribution in [2.24, 2.45) is 0 Å². The van der Waals surface area contributed by atoms with Crippen molar-refractivity contribution in [2.75, 3.05) is 37.6 Å². The minimum Gasteiger partial charge on any atom is -0.354 e. The first-order valence-electron chi connectivity index (χ1n) is 10.1. The SMILES string of the molecule is c1ccc(CCN2CCN(c3cc(-c4ccccc4)nc4ncnn34)CC2)cc1. The highest BCUT2D eigenvalue weighted by molar-refractivity contribution is 5.65. The number of nitrogens with zero attached hydrogens (tertiary/aromatic N) is 6. The van der Waals surface area contributed by atoms with Crippen LogP contribution in [0.2, 0.25) is 0 Å². The fourth-order valence-corrected chi connectivity index (χ4v) is 3.91. The quantitative estimate of drug-likeness (QED) is 0.529. The van der Waals surface area contributed by atoms with Gasteiger partial charge in [0.2, 0.25) is 0 Å². The minimum atomic E-state index is 0.646. The Labute approximate surface area is 170 Å². The summed E-state index contributed by atoms with van der Waals surface area (Å²) in [6, 6.07) is 23.1. The van der Waals surface area contributed by atoms with Crippen molar-refractivity contribution in [3.63, 3.8) is 0 Å². The van der Waals surface area contributed by atoms with Crippen LogP contribution in [0.3, 0.4) is 0 Å². The zero-order valence-electron chi connectivity index (χ0n) is 16.4. The van der Waals surface area contributed by atoms with Crippen molar-refractivity contribution in [3.8, 4) is 11.3 Å². The maximum Gasteiger partial charge on any atom is 0.254 e. The Kier molecular flexibility index (Phi) is 4.92. The van der Waals surface area contributed by atoms with Crippen molar-refractivity contribution in [2.45, 2.75) is 6.42 Å². The molecule has 0 amide bonds. The van der Waals surface area contributed by atoms with Gasteiger partial charge in [0, 0.05) is 44.4 Å². The van der Waals surface area contributed by atoms with Gasteiger partial charge in [0.05, 0.1) is 5.69 Å². The molecule has 1 saturated heterocycles. The first-order chi connectivity index (χ1) is 14.4. The highest BCUT2D eigenvalue weighted by Crippen LogP contribution is 2.24. The molecule has 2 aromatic carbocycles. The van der Waals surface area contributed by atoms with Crippen LogP contribution >= 0.6 is 0 Å². The molecule has 0 aliphatic carbocycles. The zero-order chi connectivity index (χ0) is 19.5. The largest absolute Gasteiger partial charge is 0.354 e. The molecule has 1 fully saturated rings. The number of hydrogen-bond acceptors (Lipinski definition) is 5. The van der Waals surface area contributed by atoms with Crippen LogP contribution in [0.25, 0.3) is 17.0 Å². The van der Waals surface area contributed by atoms with Crippen LogP contribution in [0.1, 0.15) is 5.56 Å². The van der Waals surface area contributed by atoms with Crippen LogP contribution in [0, 0.1) is 0 Å². The van der Waals surface area contributed by atoms with Crippen LogP contribution in [0.15, 0.2) is 73.1 Å². The lowest BCUT2D eigenvalue weighted by molar-refractivity contribution is 0.260. The van der Waals surface area contributed by atoms with E-state index in [0.717, 1.165) is 56.2 Å². The first-order valence-corrected chi connectivity index (χ1v) is 10.1. The van der Waals surface area contributed by atoms with E-state index in [1.807, 2.05) is 22.7 Å². The number of hydrogen-bond donors (Lipinski definition) is 0. The van der Waals surface area contributed by atoms with Crippen LogP contribution in [-0.2, 0) is 6.42 Å². The molecule has 2 aromatic heterocycles. The van der Waals surface area contributed by atoms with Gasteiger partial charge in [-0.25, -0.2) is 4.98 Å². The summed E-state index contributed by atoms with van der Waals surface area (Å²) in [4.78, 5) is 14.0. The average Bonchev–Trinajstić information content (AvgIpc) is 3.28. The van der Waals surface area contributed by atoms with Gasteiger partial charge in [-0.2, -0.15) is 14.6 Å². The molecule has 4 aromatic rings. The minimum absolute atomic E-state index is 0.646. The number of benzene rings is 2. The molecule has 0 atom stereocenters. The first kappa shape index (κ1) is 17.8. The van der Waals surface area contributed by atoms with Gasteiger partial charge < -0.3 is 4.90 Å². The molecular formula is C23H24N6. The van der Waals surface area contributed by atoms with Gasteiger partial charge >= 0.3 is 0 Å². The number of fused-ring (bicyclic) bond motifs is 1. The van der Waals surface area contributed by atoms with Gasteiger partial charge in [-0.3, -0.25) is 4.90 Å². The summed E-state index contributed by atoms with van der Waals surface area (Å²) in [6.45, 7) is 5.14. The normalized spacial score (nSPS) is 15.1. The summed E-state index contributed by atoms with van der Waals surface area (Å²) in [6.07, 6.45) is 2.68. The molecule has 0 saturated carbocycles. The van der Waals surface area contributed by atoms with Gasteiger partial charge in [-0.05, 0) is 12.0 Å². The van der Waals surface area contributed by atoms with E-state index in [4.69, 9.17) is 4.98 Å². The molecule has 0 radical (unpaired) electrons. The molecular weight excluding hydrogens is 360 g/mol. The number of aromatic nitrogens is 4. The molecule has 0 spiro atoms. The highest BCUT2D eigenvalue weighted by atomic mass is 15.4. The predicted octanol–water partition coefficient (Wildman–Crippen LogP) is 3.16. The fraction of sp³-hybridized carbons (Fsp3) is 0.261. The molecule has 1 aliphatic heterocycles. The standard InChI is InChI=1S/C23H24N6/c1-3-7-19(8-4-1)11-12-27-13-15-28(16-14-27)22-17-21(20-9-5-2-6-10-20)26-23-24-18-25-29(22)23/h1-10,17-18H,11-16H2. The summed E-state index contributed by atoms with van der Waals surface area (Å²) < 4.78 is 1.85. The summed E-state index contributed by atoms with van der Waals surface area (Å²) in [5, 5.41) is 4.41. The van der Waals surface area contributed by atoms with Gasteiger partial charge in [-0.15, -0.1) is 0 Å². The Morgan fingerprint density at radius 3 is 2.31 bits per heavy atom. The van der Waals surface area contributed by atoms with Crippen molar-refractivity contribution in [1.29, 1.82) is 0 Å². The zero-order valence-corrected chi connectivity index (χ0v) is 16.4. The summed E-state index contributed by atoms with van der Waals surface area (Å²) in [7, 11) is 0. The van der Waals surface area contributed by atoms with E-state index in [2.05, 4.69) is 68.4 Å². The second-order valence-corrected chi connectivity index (χ2v) is 7.40. The average molecular weight is 384 g/mol. The van der Waals surface area contributed by atoms with E-state index < -0.39 is 0 Å². The van der Waals surface area contributed by atoms with E-state index in [1.165, 1.54) is 5.56 Å². The molecule has 6 heteroatoms. The number of rotatable bonds is 5. The third-order valence-corrected chi connectivity index (χ3v) is 5.56. The molecule has 6 nitrogen and oxygen atoms in total. The molecule has 0 unspecified atom stereocenters. The van der Waals surface area contributed by atoms with E-state index in [1.54, 1.807) is 6.33 Å². The van der Waals surface area contributed by atoms with Gasteiger partial charge in [0.25, 0.3) is 5.78 Å². The third-order valence-electron chi connectivity index (χ3n) is 5.56. The second-order valence-electron chi connectivity index (χ2n) is 7.40. The Balaban J connectivity index is 1.32. The summed E-state index contributed by atoms with van der Waals surface area (Å²) >= 11 is 0. The van der Waals surface area contributed by atoms with Crippen LogP contribution in [0.5, 0.6) is 0 Å². The van der Waals surface area contributed by atoms with Crippen molar-refractivity contribution >= 4 is 11.6 Å². The summed E-state index contributed by atoms with van der Waals surface area (Å²) in [5.74, 6) is 1.71. The topological polar surface area (TPSA) is 49.6 Å². The third kappa shape index (κ3) is 3.84. The maximum absolute atomic E-state index is 4.69. The lowest BCUT2D eigenvalue weighted by Gasteiger charge is -2.36. The highest BCUT2D eigenvalue weighted by Gasteiger charge is 2.21.